The quantitative estimate of drug-likeness (QED) is 0.252. The van der Waals surface area contributed by atoms with Gasteiger partial charge in [0.25, 0.3) is 0 Å². The number of ether oxygens (including phenoxy) is 2. The zero-order valence-corrected chi connectivity index (χ0v) is 19.9. The first kappa shape index (κ1) is 19.8. The Hall–Kier alpha value is -3.65. The molecule has 4 heteroatoms. The summed E-state index contributed by atoms with van der Waals surface area (Å²) in [4.78, 5) is 0. The third-order valence-corrected chi connectivity index (χ3v) is 11.4. The molecule has 162 valence electrons. The van der Waals surface area contributed by atoms with E-state index in [4.69, 9.17) is 21.3 Å². The van der Waals surface area contributed by atoms with Gasteiger partial charge >= 0.3 is 0 Å². The molecule has 2 heterocycles. The summed E-state index contributed by atoms with van der Waals surface area (Å²) in [6.07, 6.45) is 0. The molecule has 5 aromatic rings. The van der Waals surface area contributed by atoms with Gasteiger partial charge in [-0.25, -0.2) is 0 Å². The molecule has 2 aliphatic rings. The molecule has 2 aliphatic heterocycles. The molecule has 0 saturated carbocycles. The van der Waals surface area contributed by atoms with Gasteiger partial charge in [-0.1, -0.05) is 90.7 Å². The highest BCUT2D eigenvalue weighted by molar-refractivity contribution is 8.26. The molecule has 0 radical (unpaired) electrons. The van der Waals surface area contributed by atoms with Crippen LogP contribution in [0.4, 0.5) is 0 Å². The summed E-state index contributed by atoms with van der Waals surface area (Å²) < 4.78 is 12.8. The van der Waals surface area contributed by atoms with Crippen molar-refractivity contribution in [1.29, 1.82) is 0 Å². The van der Waals surface area contributed by atoms with Crippen molar-refractivity contribution < 1.29 is 9.47 Å². The molecule has 0 N–H and O–H groups in total. The Morgan fingerprint density at radius 1 is 0.441 bits per heavy atom. The van der Waals surface area contributed by atoms with Gasteiger partial charge in [-0.05, 0) is 58.7 Å². The Morgan fingerprint density at radius 2 is 0.912 bits per heavy atom. The highest BCUT2D eigenvalue weighted by Gasteiger charge is 2.42. The maximum Gasteiger partial charge on any atom is 0.140 e. The van der Waals surface area contributed by atoms with Crippen molar-refractivity contribution in [3.8, 4) is 45.3 Å². The average Bonchev–Trinajstić information content (AvgIpc) is 2.90. The first-order valence-electron chi connectivity index (χ1n) is 11.2. The van der Waals surface area contributed by atoms with Gasteiger partial charge in [-0.3, -0.25) is 0 Å². The second-order valence-corrected chi connectivity index (χ2v) is 12.8. The topological polar surface area (TPSA) is 18.5 Å². The van der Waals surface area contributed by atoms with Crippen LogP contribution in [0.2, 0.25) is 0 Å². The Labute approximate surface area is 203 Å². The van der Waals surface area contributed by atoms with Gasteiger partial charge in [0.2, 0.25) is 0 Å². The van der Waals surface area contributed by atoms with Crippen LogP contribution in [0.3, 0.4) is 0 Å². The summed E-state index contributed by atoms with van der Waals surface area (Å²) in [7, 11) is 0. The summed E-state index contributed by atoms with van der Waals surface area (Å²) in [5, 5.41) is 3.18. The van der Waals surface area contributed by atoms with Crippen molar-refractivity contribution in [2.45, 2.75) is 0 Å². The zero-order valence-electron chi connectivity index (χ0n) is 18.1. The van der Waals surface area contributed by atoms with Gasteiger partial charge in [-0.2, -0.15) is 0 Å². The van der Waals surface area contributed by atoms with Crippen LogP contribution in [0.15, 0.2) is 115 Å². The second kappa shape index (κ2) is 7.43. The number of rotatable bonds is 2. The largest absolute Gasteiger partial charge is 0.456 e. The highest BCUT2D eigenvalue weighted by Crippen LogP contribution is 2.59. The van der Waals surface area contributed by atoms with Gasteiger partial charge in [-0.15, -0.1) is 0 Å². The lowest BCUT2D eigenvalue weighted by Crippen LogP contribution is -2.35. The van der Waals surface area contributed by atoms with Gasteiger partial charge in [0.15, 0.2) is 0 Å². The second-order valence-electron chi connectivity index (χ2n) is 8.51. The monoisotopic (exact) mass is 474 g/mol. The van der Waals surface area contributed by atoms with Crippen LogP contribution in [0.5, 0.6) is 23.0 Å². The summed E-state index contributed by atoms with van der Waals surface area (Å²) in [5.41, 5.74) is 4.61. The number of benzene rings is 5. The van der Waals surface area contributed by atoms with E-state index in [1.165, 1.54) is 0 Å². The van der Waals surface area contributed by atoms with Crippen LogP contribution < -0.4 is 25.4 Å². The molecule has 5 aromatic carbocycles. The van der Waals surface area contributed by atoms with Gasteiger partial charge in [0, 0.05) is 10.6 Å². The third kappa shape index (κ3) is 2.84. The minimum atomic E-state index is -2.43. The smallest absolute Gasteiger partial charge is 0.140 e. The molecule has 0 amide bonds. The molecule has 0 aromatic heterocycles. The molecule has 0 spiro atoms. The maximum absolute atomic E-state index is 6.73. The third-order valence-electron chi connectivity index (χ3n) is 6.53. The van der Waals surface area contributed by atoms with Gasteiger partial charge in [0.05, 0.1) is 11.3 Å². The van der Waals surface area contributed by atoms with Crippen LogP contribution >= 0.6 is 6.04 Å². The van der Waals surface area contributed by atoms with E-state index in [2.05, 4.69) is 84.9 Å². The molecular formula is C30H19O2PS. The zero-order chi connectivity index (χ0) is 22.7. The van der Waals surface area contributed by atoms with E-state index in [-0.39, 0.29) is 0 Å². The van der Waals surface area contributed by atoms with Crippen LogP contribution in [-0.2, 0) is 11.8 Å². The van der Waals surface area contributed by atoms with Crippen molar-refractivity contribution in [2.75, 3.05) is 0 Å². The van der Waals surface area contributed by atoms with E-state index in [1.54, 1.807) is 0 Å². The Kier molecular flexibility index (Phi) is 4.32. The van der Waals surface area contributed by atoms with E-state index in [0.29, 0.717) is 0 Å². The molecule has 0 atom stereocenters. The normalized spacial score (nSPS) is 14.1. The highest BCUT2D eigenvalue weighted by atomic mass is 32.4. The van der Waals surface area contributed by atoms with Crippen molar-refractivity contribution in [3.05, 3.63) is 115 Å². The molecule has 0 fully saturated rings. The SMILES string of the molecule is S=P12c3cc(-c4ccccc4)ccc3Oc3cccc(c31)Oc1ccc(-c3ccccc3)cc12. The van der Waals surface area contributed by atoms with Crippen molar-refractivity contribution in [3.63, 3.8) is 0 Å². The molecule has 7 rings (SSSR count). The lowest BCUT2D eigenvalue weighted by molar-refractivity contribution is 0.466. The Bertz CT molecular complexity index is 1510. The summed E-state index contributed by atoms with van der Waals surface area (Å²) in [5.74, 6) is 3.28. The predicted molar refractivity (Wildman–Crippen MR) is 144 cm³/mol. The summed E-state index contributed by atoms with van der Waals surface area (Å²) in [6, 6.07) is 37.2. The standard InChI is InChI=1S/C30H19O2PS/c34-33-28-18-22(20-8-3-1-4-9-20)14-16-24(28)31-26-12-7-13-27(30(26)33)32-25-17-15-23(19-29(25)33)21-10-5-2-6-11-21/h1-19H. The van der Waals surface area contributed by atoms with Crippen LogP contribution in [-0.4, -0.2) is 0 Å². The summed E-state index contributed by atoms with van der Waals surface area (Å²) >= 11 is 6.73. The van der Waals surface area contributed by atoms with E-state index >= 15 is 0 Å². The fourth-order valence-electron chi connectivity index (χ4n) is 4.90. The first-order valence-corrected chi connectivity index (χ1v) is 14.0. The van der Waals surface area contributed by atoms with Gasteiger partial charge < -0.3 is 9.47 Å². The number of fused-ring (bicyclic) bond motifs is 4. The molecule has 0 saturated heterocycles. The fraction of sp³-hybridized carbons (Fsp3) is 0. The average molecular weight is 475 g/mol. The minimum absolute atomic E-state index is 0.802. The van der Waals surface area contributed by atoms with Crippen LogP contribution in [0.1, 0.15) is 0 Å². The Morgan fingerprint density at radius 3 is 1.38 bits per heavy atom. The number of hydrogen-bond acceptors (Lipinski definition) is 3. The van der Waals surface area contributed by atoms with Gasteiger partial charge in [0.1, 0.15) is 23.0 Å². The van der Waals surface area contributed by atoms with Crippen LogP contribution in [0, 0.1) is 0 Å². The van der Waals surface area contributed by atoms with E-state index < -0.39 is 6.04 Å². The molecule has 34 heavy (non-hydrogen) atoms. The molecular weight excluding hydrogens is 455 g/mol. The van der Waals surface area contributed by atoms with Crippen molar-refractivity contribution in [2.24, 2.45) is 0 Å². The predicted octanol–water partition coefficient (Wildman–Crippen LogP) is 6.99. The lowest BCUT2D eigenvalue weighted by Gasteiger charge is -2.37. The van der Waals surface area contributed by atoms with Crippen molar-refractivity contribution in [1.82, 2.24) is 0 Å². The minimum Gasteiger partial charge on any atom is -0.456 e. The fourth-order valence-corrected chi connectivity index (χ4v) is 9.41. The molecule has 0 aliphatic carbocycles. The molecule has 0 bridgehead atoms. The number of hydrogen-bond donors (Lipinski definition) is 0. The summed E-state index contributed by atoms with van der Waals surface area (Å²) in [6.45, 7) is 0. The van der Waals surface area contributed by atoms with E-state index in [1.807, 2.05) is 30.3 Å². The Balaban J connectivity index is 1.52. The molecule has 2 nitrogen and oxygen atoms in total. The van der Waals surface area contributed by atoms with E-state index in [0.717, 1.165) is 61.2 Å². The lowest BCUT2D eigenvalue weighted by atomic mass is 10.1. The van der Waals surface area contributed by atoms with Crippen molar-refractivity contribution >= 4 is 33.8 Å². The van der Waals surface area contributed by atoms with E-state index in [9.17, 15) is 0 Å². The maximum atomic E-state index is 6.73. The molecule has 0 unspecified atom stereocenters. The van der Waals surface area contributed by atoms with Crippen LogP contribution in [0.25, 0.3) is 22.3 Å². The first-order chi connectivity index (χ1) is 16.7.